The summed E-state index contributed by atoms with van der Waals surface area (Å²) in [5.41, 5.74) is 9.10. The van der Waals surface area contributed by atoms with Crippen molar-refractivity contribution in [2.45, 2.75) is 32.1 Å². The van der Waals surface area contributed by atoms with Gasteiger partial charge in [0.05, 0.1) is 12.2 Å². The third kappa shape index (κ3) is 9.07. The Kier molecular flexibility index (Phi) is 10.5. The fraction of sp³-hybridized carbons (Fsp3) is 0.156. The molecule has 0 aliphatic carbocycles. The van der Waals surface area contributed by atoms with Gasteiger partial charge in [0.2, 0.25) is 5.91 Å². The second kappa shape index (κ2) is 14.7. The molecule has 0 aromatic heterocycles. The van der Waals surface area contributed by atoms with Gasteiger partial charge in [-0.1, -0.05) is 54.6 Å². The molecule has 0 spiro atoms. The Morgan fingerprint density at radius 1 is 0.727 bits per heavy atom. The van der Waals surface area contributed by atoms with Gasteiger partial charge in [0.15, 0.2) is 5.75 Å². The molecule has 0 aliphatic rings. The van der Waals surface area contributed by atoms with Crippen molar-refractivity contribution < 1.29 is 41.9 Å². The number of nitrogens with two attached hydrogens (primary N) is 1. The number of carbonyl (C=O) groups is 3. The number of amides is 2. The van der Waals surface area contributed by atoms with Crippen molar-refractivity contribution in [3.05, 3.63) is 114 Å². The van der Waals surface area contributed by atoms with Crippen LogP contribution in [0.1, 0.15) is 24.0 Å². The van der Waals surface area contributed by atoms with Crippen LogP contribution in [0, 0.1) is 0 Å². The molecule has 4 aromatic rings. The van der Waals surface area contributed by atoms with E-state index in [1.54, 1.807) is 66.7 Å². The van der Waals surface area contributed by atoms with Crippen LogP contribution in [0.15, 0.2) is 103 Å². The Hall–Kier alpha value is -5.36. The smallest absolute Gasteiger partial charge is 0.457 e. The maximum absolute atomic E-state index is 13.5. The Bertz CT molecular complexity index is 1580. The van der Waals surface area contributed by atoms with Crippen molar-refractivity contribution in [3.63, 3.8) is 0 Å². The van der Waals surface area contributed by atoms with Gasteiger partial charge in [0.25, 0.3) is 5.91 Å². The summed E-state index contributed by atoms with van der Waals surface area (Å²) in [5, 5.41) is 0. The third-order valence-corrected chi connectivity index (χ3v) is 6.12. The zero-order valence-electron chi connectivity index (χ0n) is 23.3. The van der Waals surface area contributed by atoms with E-state index in [4.69, 9.17) is 15.2 Å². The molecule has 0 unspecified atom stereocenters. The molecular weight excluding hydrogens is 579 g/mol. The molecule has 0 heterocycles. The van der Waals surface area contributed by atoms with Crippen LogP contribution in [0.5, 0.6) is 23.0 Å². The van der Waals surface area contributed by atoms with E-state index >= 15 is 0 Å². The summed E-state index contributed by atoms with van der Waals surface area (Å²) < 4.78 is 49.1. The van der Waals surface area contributed by atoms with Crippen LogP contribution in [0.4, 0.5) is 18.9 Å². The first-order chi connectivity index (χ1) is 21.1. The van der Waals surface area contributed by atoms with Crippen LogP contribution < -0.4 is 25.6 Å². The molecule has 228 valence electrons. The van der Waals surface area contributed by atoms with Gasteiger partial charge >= 0.3 is 12.1 Å². The third-order valence-electron chi connectivity index (χ3n) is 6.12. The maximum atomic E-state index is 13.5. The van der Waals surface area contributed by atoms with Crippen molar-refractivity contribution in [1.29, 1.82) is 0 Å². The van der Waals surface area contributed by atoms with E-state index in [9.17, 15) is 27.6 Å². The van der Waals surface area contributed by atoms with Crippen molar-refractivity contribution in [3.8, 4) is 23.0 Å². The number of rotatable bonds is 11. The van der Waals surface area contributed by atoms with Crippen molar-refractivity contribution >= 4 is 23.5 Å². The van der Waals surface area contributed by atoms with Crippen molar-refractivity contribution in [1.82, 2.24) is 5.48 Å². The highest BCUT2D eigenvalue weighted by atomic mass is 19.4. The maximum Gasteiger partial charge on any atom is 0.493 e. The van der Waals surface area contributed by atoms with Crippen molar-refractivity contribution in [2.24, 2.45) is 5.73 Å². The molecule has 0 radical (unpaired) electrons. The Labute approximate surface area is 250 Å². The summed E-state index contributed by atoms with van der Waals surface area (Å²) in [6.07, 6.45) is -6.25. The number of hydrogen-bond acceptors (Lipinski definition) is 7. The van der Waals surface area contributed by atoms with Gasteiger partial charge < -0.3 is 24.9 Å². The molecule has 0 aliphatic heterocycles. The predicted molar refractivity (Wildman–Crippen MR) is 155 cm³/mol. The minimum absolute atomic E-state index is 0.0539. The van der Waals surface area contributed by atoms with E-state index in [0.29, 0.717) is 40.8 Å². The van der Waals surface area contributed by atoms with E-state index in [1.807, 2.05) is 36.4 Å². The minimum Gasteiger partial charge on any atom is -0.457 e. The highest BCUT2D eigenvalue weighted by Crippen LogP contribution is 2.34. The standard InChI is InChI=1S/C32H28F3N3O6/c33-32(34,35)31(41)44-37-29(39)17-18-30(40)38(21-22-13-15-25(16-14-22)42-24-8-2-1-3-9-24)27-11-4-5-12-28(27)43-26-10-6-7-23(19-26)20-36/h1-16,19H,17-18,20-21,36H2,(H,37,39). The molecule has 3 N–H and O–H groups in total. The number of nitrogens with one attached hydrogen (secondary N) is 1. The number of carbonyl (C=O) groups excluding carboxylic acids is 3. The number of para-hydroxylation sites is 3. The first-order valence-corrected chi connectivity index (χ1v) is 13.4. The SMILES string of the molecule is NCc1cccc(Oc2ccccc2N(Cc2ccc(Oc3ccccc3)cc2)C(=O)CCC(=O)NOC(=O)C(F)(F)F)c1. The fourth-order valence-corrected chi connectivity index (χ4v) is 3.97. The lowest BCUT2D eigenvalue weighted by Crippen LogP contribution is -2.36. The molecule has 44 heavy (non-hydrogen) atoms. The monoisotopic (exact) mass is 607 g/mol. The Morgan fingerprint density at radius 2 is 1.39 bits per heavy atom. The summed E-state index contributed by atoms with van der Waals surface area (Å²) in [6, 6.07) is 30.1. The normalized spacial score (nSPS) is 10.9. The topological polar surface area (TPSA) is 120 Å². The first-order valence-electron chi connectivity index (χ1n) is 13.4. The van der Waals surface area contributed by atoms with Crippen LogP contribution in [0.25, 0.3) is 0 Å². The van der Waals surface area contributed by atoms with Crippen LogP contribution in [0.2, 0.25) is 0 Å². The molecule has 0 saturated heterocycles. The van der Waals surface area contributed by atoms with Crippen LogP contribution in [0.3, 0.4) is 0 Å². The predicted octanol–water partition coefficient (Wildman–Crippen LogP) is 6.18. The number of halogens is 3. The lowest BCUT2D eigenvalue weighted by Gasteiger charge is -2.25. The molecular formula is C32H28F3N3O6. The second-order valence-corrected chi connectivity index (χ2v) is 9.37. The molecule has 4 aromatic carbocycles. The summed E-state index contributed by atoms with van der Waals surface area (Å²) in [7, 11) is 0. The van der Waals surface area contributed by atoms with Gasteiger partial charge in [-0.25, -0.2) is 4.79 Å². The van der Waals surface area contributed by atoms with Crippen LogP contribution in [-0.4, -0.2) is 24.0 Å². The van der Waals surface area contributed by atoms with Crippen LogP contribution in [-0.2, 0) is 32.3 Å². The van der Waals surface area contributed by atoms with E-state index in [2.05, 4.69) is 4.84 Å². The minimum atomic E-state index is -5.28. The molecule has 2 amide bonds. The first kappa shape index (κ1) is 31.6. The van der Waals surface area contributed by atoms with Gasteiger partial charge in [-0.05, 0) is 59.7 Å². The molecule has 9 nitrogen and oxygen atoms in total. The summed E-state index contributed by atoms with van der Waals surface area (Å²) >= 11 is 0. The largest absolute Gasteiger partial charge is 0.493 e. The molecule has 12 heteroatoms. The van der Waals surface area contributed by atoms with E-state index in [-0.39, 0.29) is 6.54 Å². The number of hydroxylamine groups is 1. The fourth-order valence-electron chi connectivity index (χ4n) is 3.97. The van der Waals surface area contributed by atoms with Gasteiger partial charge in [-0.15, -0.1) is 0 Å². The summed E-state index contributed by atoms with van der Waals surface area (Å²) in [6.45, 7) is 0.353. The average molecular weight is 608 g/mol. The Balaban J connectivity index is 1.54. The number of alkyl halides is 3. The zero-order valence-corrected chi connectivity index (χ0v) is 23.3. The van der Waals surface area contributed by atoms with Gasteiger partial charge in [-0.3, -0.25) is 9.59 Å². The lowest BCUT2D eigenvalue weighted by atomic mass is 10.1. The number of hydrogen-bond donors (Lipinski definition) is 2. The summed E-state index contributed by atoms with van der Waals surface area (Å²) in [4.78, 5) is 41.7. The number of anilines is 1. The van der Waals surface area contributed by atoms with Crippen molar-refractivity contribution in [2.75, 3.05) is 4.90 Å². The molecule has 0 bridgehead atoms. The van der Waals surface area contributed by atoms with Gasteiger partial charge in [0, 0.05) is 19.4 Å². The van der Waals surface area contributed by atoms with E-state index in [1.165, 1.54) is 10.4 Å². The zero-order chi connectivity index (χ0) is 31.5. The quantitative estimate of drug-likeness (QED) is 0.195. The molecule has 0 saturated carbocycles. The molecule has 0 atom stereocenters. The van der Waals surface area contributed by atoms with Crippen LogP contribution >= 0.6 is 0 Å². The lowest BCUT2D eigenvalue weighted by molar-refractivity contribution is -0.207. The summed E-state index contributed by atoms with van der Waals surface area (Å²) in [5.74, 6) is -2.15. The number of nitrogens with zero attached hydrogens (tertiary/aromatic N) is 1. The number of benzene rings is 4. The van der Waals surface area contributed by atoms with Gasteiger partial charge in [-0.2, -0.15) is 18.7 Å². The Morgan fingerprint density at radius 3 is 2.09 bits per heavy atom. The highest BCUT2D eigenvalue weighted by molar-refractivity contribution is 5.96. The highest BCUT2D eigenvalue weighted by Gasteiger charge is 2.42. The van der Waals surface area contributed by atoms with E-state index in [0.717, 1.165) is 5.56 Å². The average Bonchev–Trinajstić information content (AvgIpc) is 3.02. The number of ether oxygens (including phenoxy) is 2. The molecule has 4 rings (SSSR count). The second-order valence-electron chi connectivity index (χ2n) is 9.37. The van der Waals surface area contributed by atoms with Gasteiger partial charge in [0.1, 0.15) is 17.2 Å². The van der Waals surface area contributed by atoms with E-state index < -0.39 is 36.8 Å². The molecule has 0 fully saturated rings.